The van der Waals surface area contributed by atoms with Crippen LogP contribution in [0.2, 0.25) is 0 Å². The summed E-state index contributed by atoms with van der Waals surface area (Å²) in [6.07, 6.45) is 3.83. The summed E-state index contributed by atoms with van der Waals surface area (Å²) in [5.74, 6) is 1.58. The van der Waals surface area contributed by atoms with Crippen molar-refractivity contribution in [3.05, 3.63) is 35.4 Å². The Kier molecular flexibility index (Phi) is 4.22. The molecule has 0 spiro atoms. The lowest BCUT2D eigenvalue weighted by Gasteiger charge is -2.32. The Balaban J connectivity index is 1.81. The van der Waals surface area contributed by atoms with Gasteiger partial charge in [-0.1, -0.05) is 51.0 Å². The predicted molar refractivity (Wildman–Crippen MR) is 74.4 cm³/mol. The topological polar surface area (TPSA) is 12.0 Å². The van der Waals surface area contributed by atoms with Gasteiger partial charge in [-0.25, -0.2) is 0 Å². The molecule has 94 valence electrons. The molecule has 0 bridgehead atoms. The van der Waals surface area contributed by atoms with Crippen molar-refractivity contribution in [1.29, 1.82) is 0 Å². The summed E-state index contributed by atoms with van der Waals surface area (Å²) in [5, 5.41) is 3.73. The molecule has 0 amide bonds. The molecule has 1 N–H and O–H groups in total. The average molecular weight is 231 g/mol. The second-order valence-corrected chi connectivity index (χ2v) is 5.37. The Morgan fingerprint density at radius 1 is 1.24 bits per heavy atom. The highest BCUT2D eigenvalue weighted by molar-refractivity contribution is 5.40. The summed E-state index contributed by atoms with van der Waals surface area (Å²) in [4.78, 5) is 0. The van der Waals surface area contributed by atoms with Crippen molar-refractivity contribution in [2.24, 2.45) is 5.92 Å². The summed E-state index contributed by atoms with van der Waals surface area (Å²) in [7, 11) is 0. The standard InChI is InChI=1S/C16H25N/c1-4-13(5-2)12(3)17-11-15-10-14-8-6-7-9-16(14)15/h6-9,12-13,15,17H,4-5,10-11H2,1-3H3. The van der Waals surface area contributed by atoms with Gasteiger partial charge in [0.1, 0.15) is 0 Å². The second-order valence-electron chi connectivity index (χ2n) is 5.37. The maximum Gasteiger partial charge on any atom is 0.00670 e. The van der Waals surface area contributed by atoms with E-state index >= 15 is 0 Å². The van der Waals surface area contributed by atoms with Crippen molar-refractivity contribution in [3.8, 4) is 0 Å². The first-order chi connectivity index (χ1) is 8.26. The molecule has 0 saturated carbocycles. The Bertz CT molecular complexity index is 354. The van der Waals surface area contributed by atoms with Crippen LogP contribution in [0.25, 0.3) is 0 Å². The molecular formula is C16H25N. The smallest absolute Gasteiger partial charge is 0.00670 e. The molecule has 1 aromatic carbocycles. The molecule has 0 saturated heterocycles. The van der Waals surface area contributed by atoms with Gasteiger partial charge < -0.3 is 5.32 Å². The largest absolute Gasteiger partial charge is 0.313 e. The predicted octanol–water partition coefficient (Wildman–Crippen LogP) is 3.74. The average Bonchev–Trinajstić information content (AvgIpc) is 2.32. The molecule has 17 heavy (non-hydrogen) atoms. The number of hydrogen-bond donors (Lipinski definition) is 1. The van der Waals surface area contributed by atoms with Crippen molar-refractivity contribution < 1.29 is 0 Å². The number of hydrogen-bond acceptors (Lipinski definition) is 1. The van der Waals surface area contributed by atoms with Crippen LogP contribution in [-0.2, 0) is 6.42 Å². The third-order valence-corrected chi connectivity index (χ3v) is 4.40. The van der Waals surface area contributed by atoms with E-state index in [1.54, 1.807) is 11.1 Å². The summed E-state index contributed by atoms with van der Waals surface area (Å²) in [6.45, 7) is 8.08. The SMILES string of the molecule is CCC(CC)C(C)NCC1Cc2ccccc21. The van der Waals surface area contributed by atoms with Gasteiger partial charge >= 0.3 is 0 Å². The van der Waals surface area contributed by atoms with Gasteiger partial charge in [0.15, 0.2) is 0 Å². The monoisotopic (exact) mass is 231 g/mol. The zero-order valence-corrected chi connectivity index (χ0v) is 11.4. The zero-order valence-electron chi connectivity index (χ0n) is 11.4. The Labute approximate surface area is 106 Å². The van der Waals surface area contributed by atoms with Crippen LogP contribution >= 0.6 is 0 Å². The fourth-order valence-corrected chi connectivity index (χ4v) is 3.04. The minimum Gasteiger partial charge on any atom is -0.313 e. The molecule has 1 aliphatic carbocycles. The van der Waals surface area contributed by atoms with Crippen molar-refractivity contribution >= 4 is 0 Å². The van der Waals surface area contributed by atoms with Crippen LogP contribution in [0.4, 0.5) is 0 Å². The van der Waals surface area contributed by atoms with E-state index in [1.165, 1.54) is 19.3 Å². The Morgan fingerprint density at radius 2 is 1.94 bits per heavy atom. The van der Waals surface area contributed by atoms with E-state index < -0.39 is 0 Å². The molecule has 1 aliphatic rings. The summed E-state index contributed by atoms with van der Waals surface area (Å²) >= 11 is 0. The molecular weight excluding hydrogens is 206 g/mol. The fourth-order valence-electron chi connectivity index (χ4n) is 3.04. The first kappa shape index (κ1) is 12.6. The van der Waals surface area contributed by atoms with Crippen LogP contribution in [0.3, 0.4) is 0 Å². The van der Waals surface area contributed by atoms with Crippen LogP contribution in [0.15, 0.2) is 24.3 Å². The van der Waals surface area contributed by atoms with E-state index in [0.29, 0.717) is 6.04 Å². The van der Waals surface area contributed by atoms with Gasteiger partial charge in [-0.2, -0.15) is 0 Å². The number of fused-ring (bicyclic) bond motifs is 1. The fraction of sp³-hybridized carbons (Fsp3) is 0.625. The lowest BCUT2D eigenvalue weighted by Crippen LogP contribution is -2.38. The maximum atomic E-state index is 3.73. The third-order valence-electron chi connectivity index (χ3n) is 4.40. The van der Waals surface area contributed by atoms with Crippen molar-refractivity contribution in [2.75, 3.05) is 6.54 Å². The van der Waals surface area contributed by atoms with Gasteiger partial charge in [-0.3, -0.25) is 0 Å². The van der Waals surface area contributed by atoms with Crippen LogP contribution in [0, 0.1) is 5.92 Å². The summed E-state index contributed by atoms with van der Waals surface area (Å²) in [6, 6.07) is 9.51. The molecule has 0 heterocycles. The van der Waals surface area contributed by atoms with Gasteiger partial charge in [0.05, 0.1) is 0 Å². The molecule has 2 rings (SSSR count). The molecule has 2 unspecified atom stereocenters. The van der Waals surface area contributed by atoms with Crippen molar-refractivity contribution in [1.82, 2.24) is 5.32 Å². The second kappa shape index (κ2) is 5.68. The summed E-state index contributed by atoms with van der Waals surface area (Å²) < 4.78 is 0. The van der Waals surface area contributed by atoms with E-state index in [2.05, 4.69) is 50.4 Å². The van der Waals surface area contributed by atoms with Crippen molar-refractivity contribution in [2.45, 2.75) is 52.0 Å². The Morgan fingerprint density at radius 3 is 2.59 bits per heavy atom. The number of benzene rings is 1. The van der Waals surface area contributed by atoms with Crippen LogP contribution < -0.4 is 5.32 Å². The van der Waals surface area contributed by atoms with Gasteiger partial charge in [0.2, 0.25) is 0 Å². The van der Waals surface area contributed by atoms with Gasteiger partial charge in [-0.05, 0) is 30.4 Å². The minimum atomic E-state index is 0.651. The highest BCUT2D eigenvalue weighted by Crippen LogP contribution is 2.34. The van der Waals surface area contributed by atoms with E-state index in [0.717, 1.165) is 18.4 Å². The van der Waals surface area contributed by atoms with Crippen LogP contribution in [0.5, 0.6) is 0 Å². The first-order valence-corrected chi connectivity index (χ1v) is 7.07. The minimum absolute atomic E-state index is 0.651. The summed E-state index contributed by atoms with van der Waals surface area (Å²) in [5.41, 5.74) is 3.12. The molecule has 0 radical (unpaired) electrons. The maximum absolute atomic E-state index is 3.73. The highest BCUT2D eigenvalue weighted by Gasteiger charge is 2.25. The number of nitrogens with one attached hydrogen (secondary N) is 1. The lowest BCUT2D eigenvalue weighted by molar-refractivity contribution is 0.342. The zero-order chi connectivity index (χ0) is 12.3. The van der Waals surface area contributed by atoms with E-state index in [1.807, 2.05) is 0 Å². The normalized spacial score (nSPS) is 19.9. The third kappa shape index (κ3) is 2.71. The van der Waals surface area contributed by atoms with Crippen molar-refractivity contribution in [3.63, 3.8) is 0 Å². The molecule has 1 aromatic rings. The highest BCUT2D eigenvalue weighted by atomic mass is 14.9. The van der Waals surface area contributed by atoms with E-state index in [-0.39, 0.29) is 0 Å². The number of rotatable bonds is 6. The van der Waals surface area contributed by atoms with Gasteiger partial charge in [0.25, 0.3) is 0 Å². The van der Waals surface area contributed by atoms with Gasteiger partial charge in [0, 0.05) is 18.5 Å². The first-order valence-electron chi connectivity index (χ1n) is 7.07. The van der Waals surface area contributed by atoms with E-state index in [9.17, 15) is 0 Å². The lowest BCUT2D eigenvalue weighted by atomic mass is 9.77. The molecule has 0 fully saturated rings. The Hall–Kier alpha value is -0.820. The van der Waals surface area contributed by atoms with Gasteiger partial charge in [-0.15, -0.1) is 0 Å². The molecule has 0 aliphatic heterocycles. The van der Waals surface area contributed by atoms with Crippen LogP contribution in [0.1, 0.15) is 50.7 Å². The van der Waals surface area contributed by atoms with Crippen LogP contribution in [-0.4, -0.2) is 12.6 Å². The quantitative estimate of drug-likeness (QED) is 0.786. The molecule has 2 atom stereocenters. The molecule has 0 aromatic heterocycles. The molecule has 1 heteroatoms. The molecule has 1 nitrogen and oxygen atoms in total. The van der Waals surface area contributed by atoms with E-state index in [4.69, 9.17) is 0 Å².